The number of nitrogens with one attached hydrogen (secondary N) is 1. The first kappa shape index (κ1) is 15.3. The minimum Gasteiger partial charge on any atom is -0.383 e. The molecule has 1 aromatic carbocycles. The van der Waals surface area contributed by atoms with Crippen LogP contribution in [-0.4, -0.2) is 23.9 Å². The number of aliphatic hydroxyl groups is 1. The second-order valence-electron chi connectivity index (χ2n) is 4.85. The van der Waals surface area contributed by atoms with Gasteiger partial charge in [0.25, 0.3) is 0 Å². The molecular weight excluding hydrogens is 287 g/mol. The first-order chi connectivity index (χ1) is 9.26. The van der Waals surface area contributed by atoms with E-state index in [1.165, 1.54) is 18.3 Å². The van der Waals surface area contributed by atoms with E-state index in [4.69, 9.17) is 0 Å². The highest BCUT2D eigenvalue weighted by Crippen LogP contribution is 2.36. The van der Waals surface area contributed by atoms with E-state index in [0.29, 0.717) is 0 Å². The van der Waals surface area contributed by atoms with Crippen LogP contribution in [0.15, 0.2) is 29.6 Å². The fraction of sp³-hybridized carbons (Fsp3) is 0.429. The minimum atomic E-state index is -4.52. The van der Waals surface area contributed by atoms with Crippen LogP contribution in [0.5, 0.6) is 0 Å². The van der Waals surface area contributed by atoms with E-state index in [2.05, 4.69) is 5.32 Å². The van der Waals surface area contributed by atoms with E-state index in [1.807, 2.05) is 11.4 Å². The molecule has 0 aliphatic carbocycles. The van der Waals surface area contributed by atoms with Crippen molar-refractivity contribution in [1.82, 2.24) is 5.32 Å². The summed E-state index contributed by atoms with van der Waals surface area (Å²) < 4.78 is 40.2. The Labute approximate surface area is 119 Å². The zero-order chi connectivity index (χ0) is 15.0. The zero-order valence-corrected chi connectivity index (χ0v) is 12.0. The van der Waals surface area contributed by atoms with Gasteiger partial charge in [-0.2, -0.15) is 13.2 Å². The summed E-state index contributed by atoms with van der Waals surface area (Å²) >= 11 is 1.44. The Morgan fingerprint density at radius 3 is 2.60 bits per heavy atom. The van der Waals surface area contributed by atoms with Crippen molar-refractivity contribution >= 4 is 21.4 Å². The number of hydrogen-bond donors (Lipinski definition) is 2. The molecule has 2 rings (SSSR count). The number of hydrogen-bond acceptors (Lipinski definition) is 3. The molecule has 20 heavy (non-hydrogen) atoms. The molecule has 0 amide bonds. The lowest BCUT2D eigenvalue weighted by atomic mass is 9.87. The van der Waals surface area contributed by atoms with Gasteiger partial charge < -0.3 is 10.4 Å². The van der Waals surface area contributed by atoms with Gasteiger partial charge in [0, 0.05) is 4.70 Å². The van der Waals surface area contributed by atoms with Crippen molar-refractivity contribution < 1.29 is 18.3 Å². The molecule has 110 valence electrons. The van der Waals surface area contributed by atoms with Crippen LogP contribution in [0.4, 0.5) is 13.2 Å². The predicted octanol–water partition coefficient (Wildman–Crippen LogP) is 3.65. The van der Waals surface area contributed by atoms with Crippen molar-refractivity contribution in [2.75, 3.05) is 6.54 Å². The van der Waals surface area contributed by atoms with Crippen LogP contribution >= 0.6 is 11.3 Å². The van der Waals surface area contributed by atoms with Gasteiger partial charge in [0.2, 0.25) is 0 Å². The Bertz CT molecular complexity index is 591. The van der Waals surface area contributed by atoms with Gasteiger partial charge in [0.15, 0.2) is 0 Å². The number of likely N-dealkylation sites (N-methyl/N-ethyl adjacent to an activating group) is 1. The summed E-state index contributed by atoms with van der Waals surface area (Å²) in [4.78, 5) is 0. The number of halogens is 3. The second kappa shape index (κ2) is 5.35. The van der Waals surface area contributed by atoms with E-state index < -0.39 is 17.8 Å². The fourth-order valence-electron chi connectivity index (χ4n) is 2.27. The van der Waals surface area contributed by atoms with Crippen LogP contribution in [0.3, 0.4) is 0 Å². The summed E-state index contributed by atoms with van der Waals surface area (Å²) in [5.41, 5.74) is -1.76. The summed E-state index contributed by atoms with van der Waals surface area (Å²) in [6.45, 7) is 2.90. The van der Waals surface area contributed by atoms with Crippen molar-refractivity contribution in [2.24, 2.45) is 0 Å². The Kier molecular flexibility index (Phi) is 4.09. The average Bonchev–Trinajstić information content (AvgIpc) is 2.81. The Morgan fingerprint density at radius 2 is 2.00 bits per heavy atom. The Balaban J connectivity index is 2.44. The molecule has 2 nitrogen and oxygen atoms in total. The summed E-state index contributed by atoms with van der Waals surface area (Å²) in [7, 11) is 0. The highest BCUT2D eigenvalue weighted by Gasteiger charge is 2.51. The van der Waals surface area contributed by atoms with Crippen LogP contribution in [0, 0.1) is 0 Å². The van der Waals surface area contributed by atoms with E-state index in [-0.39, 0.29) is 12.1 Å². The first-order valence-corrected chi connectivity index (χ1v) is 7.15. The van der Waals surface area contributed by atoms with Crippen LogP contribution in [-0.2, 0) is 5.60 Å². The van der Waals surface area contributed by atoms with Crippen LogP contribution in [0.1, 0.15) is 19.4 Å². The highest BCUT2D eigenvalue weighted by atomic mass is 32.1. The molecule has 0 bridgehead atoms. The fourth-order valence-corrected chi connectivity index (χ4v) is 3.10. The molecule has 0 aliphatic heterocycles. The normalized spacial score (nSPS) is 17.1. The van der Waals surface area contributed by atoms with Gasteiger partial charge in [-0.3, -0.25) is 0 Å². The standard InChI is InChI=1S/C14H16F3NOS/c1-3-18-12(14(15,16)17)13(2,19)10-5-4-9-6-7-20-11(9)8-10/h4-8,12,18-19H,3H2,1-2H3. The lowest BCUT2D eigenvalue weighted by Crippen LogP contribution is -2.55. The van der Waals surface area contributed by atoms with Crippen molar-refractivity contribution in [2.45, 2.75) is 31.7 Å². The van der Waals surface area contributed by atoms with Gasteiger partial charge in [0.1, 0.15) is 11.6 Å². The van der Waals surface area contributed by atoms with Gasteiger partial charge in [0.05, 0.1) is 0 Å². The Morgan fingerprint density at radius 1 is 1.30 bits per heavy atom. The lowest BCUT2D eigenvalue weighted by Gasteiger charge is -2.35. The van der Waals surface area contributed by atoms with E-state index in [9.17, 15) is 18.3 Å². The predicted molar refractivity (Wildman–Crippen MR) is 74.9 cm³/mol. The molecule has 0 fully saturated rings. The lowest BCUT2D eigenvalue weighted by molar-refractivity contribution is -0.201. The topological polar surface area (TPSA) is 32.3 Å². The maximum absolute atomic E-state index is 13.1. The largest absolute Gasteiger partial charge is 0.406 e. The molecule has 6 heteroatoms. The van der Waals surface area contributed by atoms with Crippen molar-refractivity contribution in [3.63, 3.8) is 0 Å². The van der Waals surface area contributed by atoms with E-state index in [0.717, 1.165) is 10.1 Å². The molecular formula is C14H16F3NOS. The molecule has 2 unspecified atom stereocenters. The maximum atomic E-state index is 13.1. The smallest absolute Gasteiger partial charge is 0.383 e. The van der Waals surface area contributed by atoms with Crippen molar-refractivity contribution in [1.29, 1.82) is 0 Å². The van der Waals surface area contributed by atoms with E-state index >= 15 is 0 Å². The zero-order valence-electron chi connectivity index (χ0n) is 11.2. The molecule has 2 aromatic rings. The van der Waals surface area contributed by atoms with Crippen molar-refractivity contribution in [3.05, 3.63) is 35.2 Å². The molecule has 1 aromatic heterocycles. The van der Waals surface area contributed by atoms with Gasteiger partial charge in [-0.15, -0.1) is 11.3 Å². The summed E-state index contributed by atoms with van der Waals surface area (Å²) in [6, 6.07) is 4.79. The second-order valence-corrected chi connectivity index (χ2v) is 5.80. The number of thiophene rings is 1. The third kappa shape index (κ3) is 2.82. The summed E-state index contributed by atoms with van der Waals surface area (Å²) in [6.07, 6.45) is -4.52. The monoisotopic (exact) mass is 303 g/mol. The number of rotatable bonds is 4. The SMILES string of the molecule is CCNC(C(F)(F)F)C(C)(O)c1ccc2ccsc2c1. The summed E-state index contributed by atoms with van der Waals surface area (Å²) in [5, 5.41) is 15.6. The molecule has 0 radical (unpaired) electrons. The molecule has 2 atom stereocenters. The number of benzene rings is 1. The molecule has 0 saturated carbocycles. The highest BCUT2D eigenvalue weighted by molar-refractivity contribution is 7.17. The molecule has 2 N–H and O–H groups in total. The van der Waals surface area contributed by atoms with Crippen molar-refractivity contribution in [3.8, 4) is 0 Å². The molecule has 0 saturated heterocycles. The molecule has 0 aliphatic rings. The van der Waals surface area contributed by atoms with Gasteiger partial charge >= 0.3 is 6.18 Å². The van der Waals surface area contributed by atoms with Crippen LogP contribution in [0.25, 0.3) is 10.1 Å². The molecule has 1 heterocycles. The average molecular weight is 303 g/mol. The first-order valence-electron chi connectivity index (χ1n) is 6.27. The van der Waals surface area contributed by atoms with E-state index in [1.54, 1.807) is 25.1 Å². The third-order valence-corrected chi connectivity index (χ3v) is 4.22. The van der Waals surface area contributed by atoms with Gasteiger partial charge in [-0.25, -0.2) is 0 Å². The quantitative estimate of drug-likeness (QED) is 0.903. The maximum Gasteiger partial charge on any atom is 0.406 e. The summed E-state index contributed by atoms with van der Waals surface area (Å²) in [5.74, 6) is 0. The molecule has 0 spiro atoms. The van der Waals surface area contributed by atoms with Gasteiger partial charge in [-0.1, -0.05) is 19.1 Å². The minimum absolute atomic E-state index is 0.127. The Hall–Kier alpha value is -1.11. The van der Waals surface area contributed by atoms with Crippen LogP contribution < -0.4 is 5.32 Å². The van der Waals surface area contributed by atoms with Gasteiger partial charge in [-0.05, 0) is 41.9 Å². The third-order valence-electron chi connectivity index (χ3n) is 3.34. The van der Waals surface area contributed by atoms with Crippen LogP contribution in [0.2, 0.25) is 0 Å². The number of fused-ring (bicyclic) bond motifs is 1. The number of alkyl halides is 3.